The number of hydrogen-bond donors (Lipinski definition) is 3. The fraction of sp³-hybridized carbons (Fsp3) is 0.478. The molecular weight excluding hydrogens is 382 g/mol. The first-order chi connectivity index (χ1) is 14.1. The van der Waals surface area contributed by atoms with E-state index in [0.29, 0.717) is 30.2 Å². The summed E-state index contributed by atoms with van der Waals surface area (Å²) < 4.78 is 10.9. The topological polar surface area (TPSA) is 88.7 Å². The highest BCUT2D eigenvalue weighted by molar-refractivity contribution is 5.96. The molecule has 1 heterocycles. The molecule has 1 aromatic rings. The third-order valence-electron chi connectivity index (χ3n) is 4.76. The van der Waals surface area contributed by atoms with Crippen molar-refractivity contribution < 1.29 is 19.1 Å². The lowest BCUT2D eigenvalue weighted by Gasteiger charge is -2.27. The maximum Gasteiger partial charge on any atom is 0.258 e. The van der Waals surface area contributed by atoms with Gasteiger partial charge in [0.25, 0.3) is 5.91 Å². The standard InChI is InChI=1S/C23H33N3O4/c1-7-8-16-9-10-18(19(13-16)29-6)30-15-20(27)24-11-12-25-21(28)17-14-22(2,3)26-23(17,4)5/h7,9-10,13-14,26H,1,8,11-12,15H2,2-6H3,(H,24,27)(H,25,28). The van der Waals surface area contributed by atoms with Crippen LogP contribution in [0.2, 0.25) is 0 Å². The highest BCUT2D eigenvalue weighted by Gasteiger charge is 2.39. The lowest BCUT2D eigenvalue weighted by atomic mass is 9.96. The molecule has 0 aliphatic carbocycles. The summed E-state index contributed by atoms with van der Waals surface area (Å²) in [4.78, 5) is 24.5. The van der Waals surface area contributed by atoms with Crippen LogP contribution in [-0.2, 0) is 16.0 Å². The predicted molar refractivity (Wildman–Crippen MR) is 118 cm³/mol. The van der Waals surface area contributed by atoms with Crippen LogP contribution in [0.25, 0.3) is 0 Å². The number of methoxy groups -OCH3 is 1. The number of amides is 2. The molecule has 0 saturated heterocycles. The van der Waals surface area contributed by atoms with Crippen LogP contribution in [-0.4, -0.2) is 49.7 Å². The van der Waals surface area contributed by atoms with Gasteiger partial charge in [0.15, 0.2) is 18.1 Å². The summed E-state index contributed by atoms with van der Waals surface area (Å²) in [5, 5.41) is 9.00. The molecule has 7 nitrogen and oxygen atoms in total. The second kappa shape index (κ2) is 9.80. The second-order valence-electron chi connectivity index (χ2n) is 8.40. The Morgan fingerprint density at radius 3 is 2.43 bits per heavy atom. The van der Waals surface area contributed by atoms with Crippen molar-refractivity contribution in [3.05, 3.63) is 48.1 Å². The quantitative estimate of drug-likeness (QED) is 0.402. The first-order valence-corrected chi connectivity index (χ1v) is 10.1. The molecule has 0 fully saturated rings. The van der Waals surface area contributed by atoms with Crippen molar-refractivity contribution >= 4 is 11.8 Å². The molecule has 1 aliphatic rings. The number of carbonyl (C=O) groups excluding carboxylic acids is 2. The molecule has 2 rings (SSSR count). The van der Waals surface area contributed by atoms with E-state index in [9.17, 15) is 9.59 Å². The average molecular weight is 416 g/mol. The highest BCUT2D eigenvalue weighted by atomic mass is 16.5. The third-order valence-corrected chi connectivity index (χ3v) is 4.76. The van der Waals surface area contributed by atoms with Crippen LogP contribution in [0.15, 0.2) is 42.5 Å². The van der Waals surface area contributed by atoms with Crippen LogP contribution in [0.3, 0.4) is 0 Å². The monoisotopic (exact) mass is 415 g/mol. The Labute approximate surface area is 178 Å². The van der Waals surface area contributed by atoms with Gasteiger partial charge >= 0.3 is 0 Å². The number of ether oxygens (including phenoxy) is 2. The maximum absolute atomic E-state index is 12.5. The van der Waals surface area contributed by atoms with Crippen LogP contribution in [0, 0.1) is 0 Å². The number of benzene rings is 1. The fourth-order valence-corrected chi connectivity index (χ4v) is 3.59. The number of carbonyl (C=O) groups is 2. The molecule has 0 aromatic heterocycles. The molecule has 30 heavy (non-hydrogen) atoms. The van der Waals surface area contributed by atoms with E-state index in [0.717, 1.165) is 12.0 Å². The Kier molecular flexibility index (Phi) is 7.67. The summed E-state index contributed by atoms with van der Waals surface area (Å²) in [6.45, 7) is 12.2. The number of allylic oxidation sites excluding steroid dienone is 1. The Morgan fingerprint density at radius 1 is 1.13 bits per heavy atom. The predicted octanol–water partition coefficient (Wildman–Crippen LogP) is 2.12. The van der Waals surface area contributed by atoms with Gasteiger partial charge in [0, 0.05) is 29.7 Å². The fourth-order valence-electron chi connectivity index (χ4n) is 3.59. The summed E-state index contributed by atoms with van der Waals surface area (Å²) in [6.07, 6.45) is 4.48. The molecule has 0 saturated carbocycles. The van der Waals surface area contributed by atoms with E-state index in [1.807, 2.05) is 52.0 Å². The second-order valence-corrected chi connectivity index (χ2v) is 8.40. The van der Waals surface area contributed by atoms with Crippen molar-refractivity contribution in [3.8, 4) is 11.5 Å². The van der Waals surface area contributed by atoms with Crippen molar-refractivity contribution in [2.45, 2.75) is 45.2 Å². The van der Waals surface area contributed by atoms with Gasteiger partial charge in [-0.3, -0.25) is 14.9 Å². The molecule has 0 unspecified atom stereocenters. The molecule has 2 amide bonds. The van der Waals surface area contributed by atoms with E-state index in [-0.39, 0.29) is 24.0 Å². The summed E-state index contributed by atoms with van der Waals surface area (Å²) in [6, 6.07) is 5.54. The van der Waals surface area contributed by atoms with Gasteiger partial charge in [0.2, 0.25) is 5.91 Å². The molecule has 0 radical (unpaired) electrons. The average Bonchev–Trinajstić information content (AvgIpc) is 2.91. The molecule has 0 bridgehead atoms. The zero-order valence-electron chi connectivity index (χ0n) is 18.6. The summed E-state index contributed by atoms with van der Waals surface area (Å²) >= 11 is 0. The minimum atomic E-state index is -0.398. The maximum atomic E-state index is 12.5. The Morgan fingerprint density at radius 2 is 1.83 bits per heavy atom. The summed E-state index contributed by atoms with van der Waals surface area (Å²) in [5.41, 5.74) is 1.13. The first kappa shape index (κ1) is 23.5. The first-order valence-electron chi connectivity index (χ1n) is 10.1. The number of nitrogens with one attached hydrogen (secondary N) is 3. The van der Waals surface area contributed by atoms with Gasteiger partial charge in [-0.15, -0.1) is 6.58 Å². The zero-order chi connectivity index (χ0) is 22.4. The normalized spacial score (nSPS) is 16.4. The van der Waals surface area contributed by atoms with Crippen molar-refractivity contribution in [2.24, 2.45) is 0 Å². The molecule has 0 spiro atoms. The van der Waals surface area contributed by atoms with Gasteiger partial charge in [0.05, 0.1) is 7.11 Å². The molecule has 164 valence electrons. The molecule has 1 aromatic carbocycles. The lowest BCUT2D eigenvalue weighted by molar-refractivity contribution is -0.123. The lowest BCUT2D eigenvalue weighted by Crippen LogP contribution is -2.48. The smallest absolute Gasteiger partial charge is 0.258 e. The van der Waals surface area contributed by atoms with Crippen LogP contribution in [0.4, 0.5) is 0 Å². The summed E-state index contributed by atoms with van der Waals surface area (Å²) in [7, 11) is 1.56. The number of rotatable bonds is 10. The van der Waals surface area contributed by atoms with Crippen molar-refractivity contribution in [1.82, 2.24) is 16.0 Å². The van der Waals surface area contributed by atoms with E-state index < -0.39 is 5.54 Å². The van der Waals surface area contributed by atoms with Gasteiger partial charge < -0.3 is 20.1 Å². The minimum Gasteiger partial charge on any atom is -0.493 e. The molecule has 3 N–H and O–H groups in total. The minimum absolute atomic E-state index is 0.132. The van der Waals surface area contributed by atoms with Gasteiger partial charge in [-0.05, 0) is 51.8 Å². The van der Waals surface area contributed by atoms with Crippen LogP contribution in [0.1, 0.15) is 33.3 Å². The van der Waals surface area contributed by atoms with E-state index in [4.69, 9.17) is 9.47 Å². The molecular formula is C23H33N3O4. The van der Waals surface area contributed by atoms with Gasteiger partial charge in [-0.1, -0.05) is 18.2 Å². The Hall–Kier alpha value is -2.80. The molecule has 7 heteroatoms. The van der Waals surface area contributed by atoms with E-state index in [1.54, 1.807) is 13.2 Å². The highest BCUT2D eigenvalue weighted by Crippen LogP contribution is 2.30. The van der Waals surface area contributed by atoms with Gasteiger partial charge in [-0.25, -0.2) is 0 Å². The third kappa shape index (κ3) is 6.35. The Bertz CT molecular complexity index is 828. The van der Waals surface area contributed by atoms with E-state index in [2.05, 4.69) is 22.5 Å². The van der Waals surface area contributed by atoms with Crippen LogP contribution in [0.5, 0.6) is 11.5 Å². The van der Waals surface area contributed by atoms with E-state index >= 15 is 0 Å². The largest absolute Gasteiger partial charge is 0.493 e. The molecule has 1 aliphatic heterocycles. The van der Waals surface area contributed by atoms with E-state index in [1.165, 1.54) is 0 Å². The van der Waals surface area contributed by atoms with Gasteiger partial charge in [-0.2, -0.15) is 0 Å². The van der Waals surface area contributed by atoms with Crippen LogP contribution >= 0.6 is 0 Å². The summed E-state index contributed by atoms with van der Waals surface area (Å²) in [5.74, 6) is 0.662. The molecule has 0 atom stereocenters. The zero-order valence-corrected chi connectivity index (χ0v) is 18.6. The van der Waals surface area contributed by atoms with Crippen molar-refractivity contribution in [2.75, 3.05) is 26.8 Å². The Balaban J connectivity index is 1.76. The van der Waals surface area contributed by atoms with Gasteiger partial charge in [0.1, 0.15) is 0 Å². The SMILES string of the molecule is C=CCc1ccc(OCC(=O)NCCNC(=O)C2=CC(C)(C)NC2(C)C)c(OC)c1. The number of hydrogen-bond acceptors (Lipinski definition) is 5. The van der Waals surface area contributed by atoms with Crippen LogP contribution < -0.4 is 25.4 Å². The van der Waals surface area contributed by atoms with Crippen molar-refractivity contribution in [3.63, 3.8) is 0 Å². The van der Waals surface area contributed by atoms with Crippen molar-refractivity contribution in [1.29, 1.82) is 0 Å².